The van der Waals surface area contributed by atoms with Crippen LogP contribution in [0.1, 0.15) is 21.5 Å². The number of nitrogens with one attached hydrogen (secondary N) is 1. The zero-order valence-corrected chi connectivity index (χ0v) is 15.8. The summed E-state index contributed by atoms with van der Waals surface area (Å²) in [6, 6.07) is 7.04. The van der Waals surface area contributed by atoms with E-state index in [0.717, 1.165) is 10.1 Å². The van der Waals surface area contributed by atoms with Crippen molar-refractivity contribution < 1.29 is 4.79 Å². The maximum atomic E-state index is 12.7. The van der Waals surface area contributed by atoms with Crippen LogP contribution in [0.3, 0.4) is 0 Å². The number of anilines is 1. The maximum Gasteiger partial charge on any atom is 0.332 e. The Morgan fingerprint density at radius 3 is 2.44 bits per heavy atom. The van der Waals surface area contributed by atoms with Gasteiger partial charge in [-0.1, -0.05) is 23.7 Å². The molecule has 3 N–H and O–H groups in total. The molecule has 0 saturated carbocycles. The van der Waals surface area contributed by atoms with Gasteiger partial charge in [0.25, 0.3) is 11.5 Å². The van der Waals surface area contributed by atoms with Crippen molar-refractivity contribution in [1.29, 1.82) is 0 Å². The highest BCUT2D eigenvalue weighted by Gasteiger charge is 2.21. The van der Waals surface area contributed by atoms with Crippen LogP contribution in [0.15, 0.2) is 33.9 Å². The lowest BCUT2D eigenvalue weighted by atomic mass is 10.1. The SMILES string of the molecule is Cc1c(C(=O)NCc2ccc(Cl)cc2)c(N)nc2c1c(=O)n(C)c(=O)n2C. The zero-order chi connectivity index (χ0) is 19.9. The molecule has 0 aliphatic carbocycles. The molecule has 1 amide bonds. The molecule has 0 radical (unpaired) electrons. The van der Waals surface area contributed by atoms with E-state index in [4.69, 9.17) is 17.3 Å². The van der Waals surface area contributed by atoms with E-state index in [1.807, 2.05) is 0 Å². The van der Waals surface area contributed by atoms with E-state index < -0.39 is 17.2 Å². The number of aryl methyl sites for hydroxylation is 2. The number of aromatic nitrogens is 3. The molecule has 27 heavy (non-hydrogen) atoms. The van der Waals surface area contributed by atoms with Crippen LogP contribution in [-0.4, -0.2) is 20.0 Å². The second-order valence-corrected chi connectivity index (χ2v) is 6.65. The molecule has 9 heteroatoms. The number of amides is 1. The number of pyridine rings is 1. The topological polar surface area (TPSA) is 112 Å². The first-order chi connectivity index (χ1) is 12.7. The van der Waals surface area contributed by atoms with Gasteiger partial charge in [0.1, 0.15) is 5.82 Å². The van der Waals surface area contributed by atoms with Gasteiger partial charge in [0, 0.05) is 25.7 Å². The molecule has 2 heterocycles. The summed E-state index contributed by atoms with van der Waals surface area (Å²) in [6.07, 6.45) is 0. The van der Waals surface area contributed by atoms with Crippen LogP contribution >= 0.6 is 11.6 Å². The molecule has 0 aliphatic rings. The summed E-state index contributed by atoms with van der Waals surface area (Å²) < 4.78 is 2.21. The van der Waals surface area contributed by atoms with Gasteiger partial charge in [0.2, 0.25) is 0 Å². The van der Waals surface area contributed by atoms with Crippen molar-refractivity contribution in [3.8, 4) is 0 Å². The van der Waals surface area contributed by atoms with Gasteiger partial charge < -0.3 is 11.1 Å². The molecule has 8 nitrogen and oxygen atoms in total. The Morgan fingerprint density at radius 1 is 1.19 bits per heavy atom. The van der Waals surface area contributed by atoms with E-state index in [1.54, 1.807) is 31.2 Å². The fourth-order valence-electron chi connectivity index (χ4n) is 2.94. The molecule has 0 saturated heterocycles. The van der Waals surface area contributed by atoms with Crippen LogP contribution in [0.25, 0.3) is 11.0 Å². The van der Waals surface area contributed by atoms with Gasteiger partial charge in [-0.2, -0.15) is 0 Å². The molecule has 1 aromatic carbocycles. The molecule has 0 atom stereocenters. The summed E-state index contributed by atoms with van der Waals surface area (Å²) in [7, 11) is 2.87. The first-order valence-corrected chi connectivity index (χ1v) is 8.48. The quantitative estimate of drug-likeness (QED) is 0.699. The third-order valence-corrected chi connectivity index (χ3v) is 4.71. The van der Waals surface area contributed by atoms with Crippen LogP contribution in [0.5, 0.6) is 0 Å². The van der Waals surface area contributed by atoms with Crippen molar-refractivity contribution in [2.45, 2.75) is 13.5 Å². The van der Waals surface area contributed by atoms with Crippen LogP contribution in [0, 0.1) is 6.92 Å². The standard InChI is InChI=1S/C18H18ClN5O3/c1-9-12(16(25)21-8-10-4-6-11(19)7-5-10)14(20)22-15-13(9)17(26)24(3)18(27)23(15)2/h4-7H,8H2,1-3H3,(H2,20,22)(H,21,25). The predicted octanol–water partition coefficient (Wildman–Crippen LogP) is 1.11. The van der Waals surface area contributed by atoms with Gasteiger partial charge in [-0.25, -0.2) is 9.78 Å². The van der Waals surface area contributed by atoms with Crippen molar-refractivity contribution in [3.63, 3.8) is 0 Å². The van der Waals surface area contributed by atoms with Gasteiger partial charge in [0.15, 0.2) is 5.65 Å². The Bertz CT molecular complexity index is 1180. The minimum atomic E-state index is -0.523. The monoisotopic (exact) mass is 387 g/mol. The lowest BCUT2D eigenvalue weighted by molar-refractivity contribution is 0.0951. The van der Waals surface area contributed by atoms with Crippen LogP contribution in [0.2, 0.25) is 5.02 Å². The number of nitrogens with two attached hydrogens (primary N) is 1. The Morgan fingerprint density at radius 2 is 1.81 bits per heavy atom. The number of rotatable bonds is 3. The lowest BCUT2D eigenvalue weighted by Crippen LogP contribution is -2.38. The second-order valence-electron chi connectivity index (χ2n) is 6.21. The molecule has 3 aromatic rings. The summed E-state index contributed by atoms with van der Waals surface area (Å²) in [5.74, 6) is -0.498. The number of carbonyl (C=O) groups is 1. The number of nitrogens with zero attached hydrogens (tertiary/aromatic N) is 3. The highest BCUT2D eigenvalue weighted by Crippen LogP contribution is 2.21. The number of carbonyl (C=O) groups excluding carboxylic acids is 1. The lowest BCUT2D eigenvalue weighted by Gasteiger charge is -2.14. The van der Waals surface area contributed by atoms with E-state index in [2.05, 4.69) is 10.3 Å². The smallest absolute Gasteiger partial charge is 0.332 e. The molecule has 0 bridgehead atoms. The van der Waals surface area contributed by atoms with Gasteiger partial charge in [-0.15, -0.1) is 0 Å². The molecule has 0 aliphatic heterocycles. The molecule has 0 spiro atoms. The Labute approximate surface area is 159 Å². The van der Waals surface area contributed by atoms with E-state index in [9.17, 15) is 14.4 Å². The predicted molar refractivity (Wildman–Crippen MR) is 104 cm³/mol. The van der Waals surface area contributed by atoms with E-state index in [-0.39, 0.29) is 29.0 Å². The number of fused-ring (bicyclic) bond motifs is 1. The van der Waals surface area contributed by atoms with Crippen molar-refractivity contribution in [1.82, 2.24) is 19.4 Å². The van der Waals surface area contributed by atoms with Crippen LogP contribution in [0.4, 0.5) is 5.82 Å². The van der Waals surface area contributed by atoms with Crippen molar-refractivity contribution in [2.24, 2.45) is 14.1 Å². The number of benzene rings is 1. The van der Waals surface area contributed by atoms with E-state index >= 15 is 0 Å². The van der Waals surface area contributed by atoms with Gasteiger partial charge in [-0.3, -0.25) is 18.7 Å². The molecule has 140 valence electrons. The number of nitrogen functional groups attached to an aromatic ring is 1. The van der Waals surface area contributed by atoms with Crippen LogP contribution < -0.4 is 22.3 Å². The Kier molecular flexibility index (Phi) is 4.75. The molecule has 2 aromatic heterocycles. The fraction of sp³-hybridized carbons (Fsp3) is 0.222. The second kappa shape index (κ2) is 6.88. The minimum Gasteiger partial charge on any atom is -0.383 e. The van der Waals surface area contributed by atoms with E-state index in [1.165, 1.54) is 18.7 Å². The molecule has 0 fully saturated rings. The Balaban J connectivity index is 2.06. The van der Waals surface area contributed by atoms with Crippen LogP contribution in [-0.2, 0) is 20.6 Å². The highest BCUT2D eigenvalue weighted by atomic mass is 35.5. The summed E-state index contributed by atoms with van der Waals surface area (Å²) in [5, 5.41) is 3.55. The number of hydrogen-bond donors (Lipinski definition) is 2. The summed E-state index contributed by atoms with van der Waals surface area (Å²) in [4.78, 5) is 41.4. The minimum absolute atomic E-state index is 0.0446. The normalized spacial score (nSPS) is 11.0. The first kappa shape index (κ1) is 18.7. The van der Waals surface area contributed by atoms with Gasteiger partial charge >= 0.3 is 5.69 Å². The third kappa shape index (κ3) is 3.19. The molecular formula is C18H18ClN5O3. The maximum absolute atomic E-state index is 12.7. The largest absolute Gasteiger partial charge is 0.383 e. The first-order valence-electron chi connectivity index (χ1n) is 8.10. The number of hydrogen-bond acceptors (Lipinski definition) is 5. The Hall–Kier alpha value is -3.13. The van der Waals surface area contributed by atoms with Crippen molar-refractivity contribution in [2.75, 3.05) is 5.73 Å². The average Bonchev–Trinajstić information content (AvgIpc) is 2.63. The molecule has 0 unspecified atom stereocenters. The average molecular weight is 388 g/mol. The summed E-state index contributed by atoms with van der Waals surface area (Å²) in [5.41, 5.74) is 6.43. The van der Waals surface area contributed by atoms with E-state index in [0.29, 0.717) is 10.6 Å². The zero-order valence-electron chi connectivity index (χ0n) is 15.0. The fourth-order valence-corrected chi connectivity index (χ4v) is 3.07. The van der Waals surface area contributed by atoms with Crippen molar-refractivity contribution in [3.05, 3.63) is 66.8 Å². The summed E-state index contributed by atoms with van der Waals surface area (Å²) >= 11 is 5.85. The van der Waals surface area contributed by atoms with Crippen molar-refractivity contribution >= 4 is 34.4 Å². The van der Waals surface area contributed by atoms with Gasteiger partial charge in [0.05, 0.1) is 10.9 Å². The molecular weight excluding hydrogens is 370 g/mol. The number of halogens is 1. The third-order valence-electron chi connectivity index (χ3n) is 4.46. The van der Waals surface area contributed by atoms with Gasteiger partial charge in [-0.05, 0) is 30.2 Å². The molecule has 3 rings (SSSR count). The summed E-state index contributed by atoms with van der Waals surface area (Å²) in [6.45, 7) is 1.88. The highest BCUT2D eigenvalue weighted by molar-refractivity contribution is 6.30.